The van der Waals surface area contributed by atoms with Gasteiger partial charge in [0.15, 0.2) is 5.82 Å². The molecule has 9 nitrogen and oxygen atoms in total. The van der Waals surface area contributed by atoms with Gasteiger partial charge in [0.25, 0.3) is 0 Å². The Morgan fingerprint density at radius 1 is 1.00 bits per heavy atom. The largest absolute Gasteiger partial charge is 0.352 e. The minimum absolute atomic E-state index is 0.0457. The monoisotopic (exact) mass is 420 g/mol. The number of anilines is 2. The van der Waals surface area contributed by atoms with Crippen LogP contribution in [0.25, 0.3) is 0 Å². The van der Waals surface area contributed by atoms with Crippen molar-refractivity contribution in [3.63, 3.8) is 0 Å². The SMILES string of the molecule is O=C(C1CC(=O)N(c2ccccc2)C(=O)N1)N1CCN(c2cc3c(nn2)CCC3)CC1. The lowest BCUT2D eigenvalue weighted by Gasteiger charge is -2.38. The first-order valence-corrected chi connectivity index (χ1v) is 10.7. The molecule has 1 aromatic heterocycles. The van der Waals surface area contributed by atoms with Gasteiger partial charge in [0, 0.05) is 26.2 Å². The van der Waals surface area contributed by atoms with Crippen LogP contribution in [0.4, 0.5) is 16.3 Å². The summed E-state index contributed by atoms with van der Waals surface area (Å²) >= 11 is 0. The molecule has 5 rings (SSSR count). The van der Waals surface area contributed by atoms with Crippen LogP contribution in [0, 0.1) is 0 Å². The fraction of sp³-hybridized carbons (Fsp3) is 0.409. The second-order valence-electron chi connectivity index (χ2n) is 8.11. The molecule has 0 spiro atoms. The maximum atomic E-state index is 13.0. The number of imide groups is 1. The Hall–Kier alpha value is -3.49. The van der Waals surface area contributed by atoms with E-state index in [4.69, 9.17) is 0 Å². The van der Waals surface area contributed by atoms with Crippen LogP contribution in [0.1, 0.15) is 24.1 Å². The van der Waals surface area contributed by atoms with Crippen LogP contribution < -0.4 is 15.1 Å². The van der Waals surface area contributed by atoms with E-state index in [9.17, 15) is 14.4 Å². The smallest absolute Gasteiger partial charge is 0.329 e. The highest BCUT2D eigenvalue weighted by Crippen LogP contribution is 2.24. The second-order valence-corrected chi connectivity index (χ2v) is 8.11. The first-order chi connectivity index (χ1) is 15.1. The van der Waals surface area contributed by atoms with Crippen molar-refractivity contribution in [1.82, 2.24) is 20.4 Å². The number of rotatable bonds is 3. The van der Waals surface area contributed by atoms with Crippen molar-refractivity contribution >= 4 is 29.4 Å². The first-order valence-electron chi connectivity index (χ1n) is 10.7. The normalized spacial score (nSPS) is 21.2. The van der Waals surface area contributed by atoms with Crippen molar-refractivity contribution in [2.75, 3.05) is 36.0 Å². The Kier molecular flexibility index (Phi) is 5.01. The highest BCUT2D eigenvalue weighted by Gasteiger charge is 2.38. The Morgan fingerprint density at radius 2 is 1.77 bits per heavy atom. The fourth-order valence-electron chi connectivity index (χ4n) is 4.48. The molecule has 0 saturated carbocycles. The number of aryl methyl sites for hydroxylation is 2. The summed E-state index contributed by atoms with van der Waals surface area (Å²) in [4.78, 5) is 43.1. The molecule has 1 atom stereocenters. The summed E-state index contributed by atoms with van der Waals surface area (Å²) in [5.41, 5.74) is 2.87. The van der Waals surface area contributed by atoms with Crippen LogP contribution in [0.5, 0.6) is 0 Å². The van der Waals surface area contributed by atoms with Crippen molar-refractivity contribution in [3.8, 4) is 0 Å². The second kappa shape index (κ2) is 7.98. The van der Waals surface area contributed by atoms with Crippen LogP contribution in [-0.2, 0) is 22.4 Å². The number of piperazine rings is 1. The standard InChI is InChI=1S/C22H24N6O3/c29-20-14-18(23-22(31)28(20)16-6-2-1-3-7-16)21(30)27-11-9-26(10-12-27)19-13-15-5-4-8-17(15)24-25-19/h1-3,6-7,13,18H,4-5,8-12,14H2,(H,23,31). The lowest BCUT2D eigenvalue weighted by molar-refractivity contribution is -0.136. The number of nitrogens with one attached hydrogen (secondary N) is 1. The van der Waals surface area contributed by atoms with Gasteiger partial charge in [0.05, 0.1) is 17.8 Å². The Morgan fingerprint density at radius 3 is 2.52 bits per heavy atom. The van der Waals surface area contributed by atoms with Gasteiger partial charge >= 0.3 is 6.03 Å². The van der Waals surface area contributed by atoms with E-state index in [2.05, 4.69) is 26.5 Å². The summed E-state index contributed by atoms with van der Waals surface area (Å²) in [5.74, 6) is 0.266. The zero-order valence-corrected chi connectivity index (χ0v) is 17.2. The van der Waals surface area contributed by atoms with Crippen molar-refractivity contribution in [2.45, 2.75) is 31.7 Å². The molecule has 2 aliphatic heterocycles. The number of para-hydroxylation sites is 1. The van der Waals surface area contributed by atoms with Gasteiger partial charge in [-0.25, -0.2) is 9.69 Å². The van der Waals surface area contributed by atoms with Gasteiger partial charge in [0.1, 0.15) is 6.04 Å². The molecule has 1 N–H and O–H groups in total. The fourth-order valence-corrected chi connectivity index (χ4v) is 4.48. The van der Waals surface area contributed by atoms with E-state index in [1.165, 1.54) is 5.56 Å². The number of carbonyl (C=O) groups excluding carboxylic acids is 3. The molecule has 31 heavy (non-hydrogen) atoms. The molecule has 2 fully saturated rings. The number of carbonyl (C=O) groups is 3. The molecule has 1 aromatic carbocycles. The molecule has 1 unspecified atom stereocenters. The van der Waals surface area contributed by atoms with Gasteiger partial charge < -0.3 is 15.1 Å². The lowest BCUT2D eigenvalue weighted by Crippen LogP contribution is -2.61. The third-order valence-electron chi connectivity index (χ3n) is 6.16. The average molecular weight is 420 g/mol. The molecule has 3 heterocycles. The average Bonchev–Trinajstić information content (AvgIpc) is 3.27. The van der Waals surface area contributed by atoms with Gasteiger partial charge in [-0.05, 0) is 43.0 Å². The van der Waals surface area contributed by atoms with E-state index in [0.717, 1.165) is 35.7 Å². The number of amides is 4. The molecule has 160 valence electrons. The minimum Gasteiger partial charge on any atom is -0.352 e. The Labute approximate surface area is 180 Å². The summed E-state index contributed by atoms with van der Waals surface area (Å²) in [7, 11) is 0. The summed E-state index contributed by atoms with van der Waals surface area (Å²) in [6.45, 7) is 2.31. The van der Waals surface area contributed by atoms with E-state index in [0.29, 0.717) is 31.9 Å². The Balaban J connectivity index is 1.20. The maximum absolute atomic E-state index is 13.0. The molecule has 4 amide bonds. The summed E-state index contributed by atoms with van der Waals surface area (Å²) in [6.07, 6.45) is 3.13. The molecular formula is C22H24N6O3. The van der Waals surface area contributed by atoms with Crippen LogP contribution in [0.15, 0.2) is 36.4 Å². The number of aromatic nitrogens is 2. The highest BCUT2D eigenvalue weighted by molar-refractivity contribution is 6.18. The van der Waals surface area contributed by atoms with Gasteiger partial charge in [-0.15, -0.1) is 5.10 Å². The molecule has 0 bridgehead atoms. The molecule has 0 radical (unpaired) electrons. The summed E-state index contributed by atoms with van der Waals surface area (Å²) in [5, 5.41) is 11.4. The van der Waals surface area contributed by atoms with Crippen molar-refractivity contribution < 1.29 is 14.4 Å². The zero-order valence-electron chi connectivity index (χ0n) is 17.2. The van der Waals surface area contributed by atoms with E-state index in [1.807, 2.05) is 6.07 Å². The molecule has 1 aliphatic carbocycles. The number of benzene rings is 1. The van der Waals surface area contributed by atoms with Crippen molar-refractivity contribution in [2.24, 2.45) is 0 Å². The maximum Gasteiger partial charge on any atom is 0.329 e. The number of fused-ring (bicyclic) bond motifs is 1. The van der Waals surface area contributed by atoms with Gasteiger partial charge in [-0.3, -0.25) is 9.59 Å². The van der Waals surface area contributed by atoms with E-state index in [1.54, 1.807) is 29.2 Å². The van der Waals surface area contributed by atoms with Gasteiger partial charge in [-0.1, -0.05) is 18.2 Å². The Bertz CT molecular complexity index is 1000. The van der Waals surface area contributed by atoms with Crippen molar-refractivity contribution in [1.29, 1.82) is 0 Å². The zero-order chi connectivity index (χ0) is 21.4. The molecule has 9 heteroatoms. The van der Waals surface area contributed by atoms with Gasteiger partial charge in [-0.2, -0.15) is 5.10 Å². The van der Waals surface area contributed by atoms with E-state index >= 15 is 0 Å². The summed E-state index contributed by atoms with van der Waals surface area (Å²) in [6, 6.07) is 9.46. The molecule has 2 aromatic rings. The predicted octanol–water partition coefficient (Wildman–Crippen LogP) is 1.13. The van der Waals surface area contributed by atoms with Crippen LogP contribution >= 0.6 is 0 Å². The lowest BCUT2D eigenvalue weighted by atomic mass is 10.1. The number of hydrogen-bond donors (Lipinski definition) is 1. The third kappa shape index (κ3) is 3.71. The van der Waals surface area contributed by atoms with E-state index in [-0.39, 0.29) is 18.2 Å². The third-order valence-corrected chi connectivity index (χ3v) is 6.16. The van der Waals surface area contributed by atoms with Crippen LogP contribution in [0.3, 0.4) is 0 Å². The number of nitrogens with zero attached hydrogens (tertiary/aromatic N) is 5. The number of urea groups is 1. The molecule has 3 aliphatic rings. The highest BCUT2D eigenvalue weighted by atomic mass is 16.2. The summed E-state index contributed by atoms with van der Waals surface area (Å²) < 4.78 is 0. The predicted molar refractivity (Wildman–Crippen MR) is 114 cm³/mol. The van der Waals surface area contributed by atoms with Gasteiger partial charge in [0.2, 0.25) is 11.8 Å². The van der Waals surface area contributed by atoms with Crippen LogP contribution in [0.2, 0.25) is 0 Å². The molecular weight excluding hydrogens is 396 g/mol. The topological polar surface area (TPSA) is 98.7 Å². The van der Waals surface area contributed by atoms with Crippen molar-refractivity contribution in [3.05, 3.63) is 47.7 Å². The van der Waals surface area contributed by atoms with Crippen LogP contribution in [-0.4, -0.2) is 65.2 Å². The van der Waals surface area contributed by atoms with E-state index < -0.39 is 12.1 Å². The first kappa shape index (κ1) is 19.5. The minimum atomic E-state index is -0.828. The molecule has 2 saturated heterocycles. The quantitative estimate of drug-likeness (QED) is 0.799. The number of hydrogen-bond acceptors (Lipinski definition) is 6.